The highest BCUT2D eigenvalue weighted by atomic mass is 35.5. The van der Waals surface area contributed by atoms with Gasteiger partial charge in [-0.3, -0.25) is 4.79 Å². The summed E-state index contributed by atoms with van der Waals surface area (Å²) in [6.07, 6.45) is -0.397. The van der Waals surface area contributed by atoms with Gasteiger partial charge in [0, 0.05) is 13.0 Å². The Bertz CT molecular complexity index is 259. The van der Waals surface area contributed by atoms with Crippen LogP contribution in [-0.2, 0) is 9.53 Å². The molecule has 1 saturated heterocycles. The molecule has 0 aromatic rings. The van der Waals surface area contributed by atoms with Gasteiger partial charge in [0.2, 0.25) is 5.91 Å². The molecule has 0 N–H and O–H groups in total. The van der Waals surface area contributed by atoms with Gasteiger partial charge in [-0.15, -0.1) is 11.6 Å². The van der Waals surface area contributed by atoms with Crippen LogP contribution in [0.2, 0.25) is 0 Å². The number of carbonyl (C=O) groups excluding carboxylic acids is 2. The van der Waals surface area contributed by atoms with E-state index in [0.29, 0.717) is 0 Å². The molecule has 4 nitrogen and oxygen atoms in total. The Balaban J connectivity index is 2.58. The number of ether oxygens (including phenoxy) is 1. The molecule has 1 aliphatic rings. The summed E-state index contributed by atoms with van der Waals surface area (Å²) in [7, 11) is 0. The van der Waals surface area contributed by atoms with Crippen molar-refractivity contribution < 1.29 is 14.3 Å². The molecule has 1 heterocycles. The SMILES string of the molecule is CC(C)(C)OC(=O)N1CC(Cl)CC1=O. The van der Waals surface area contributed by atoms with Crippen molar-refractivity contribution in [3.63, 3.8) is 0 Å². The zero-order chi connectivity index (χ0) is 10.9. The molecule has 2 amide bonds. The molecule has 1 rings (SSSR count). The maximum absolute atomic E-state index is 11.4. The molecule has 1 unspecified atom stereocenters. The van der Waals surface area contributed by atoms with Crippen LogP contribution in [0.5, 0.6) is 0 Å². The minimum absolute atomic E-state index is 0.209. The highest BCUT2D eigenvalue weighted by Gasteiger charge is 2.35. The van der Waals surface area contributed by atoms with Crippen molar-refractivity contribution in [3.05, 3.63) is 0 Å². The predicted octanol–water partition coefficient (Wildman–Crippen LogP) is 1.76. The second-order valence-corrected chi connectivity index (χ2v) is 4.90. The summed E-state index contributed by atoms with van der Waals surface area (Å²) in [6, 6.07) is 0. The van der Waals surface area contributed by atoms with E-state index in [4.69, 9.17) is 16.3 Å². The first kappa shape index (κ1) is 11.3. The van der Waals surface area contributed by atoms with Gasteiger partial charge in [-0.25, -0.2) is 9.69 Å². The molecule has 0 saturated carbocycles. The molecule has 0 aliphatic carbocycles. The van der Waals surface area contributed by atoms with Gasteiger partial charge in [-0.05, 0) is 20.8 Å². The number of halogens is 1. The summed E-state index contributed by atoms with van der Waals surface area (Å²) in [6.45, 7) is 5.51. The predicted molar refractivity (Wildman–Crippen MR) is 52.2 cm³/mol. The van der Waals surface area contributed by atoms with Crippen LogP contribution in [0.25, 0.3) is 0 Å². The van der Waals surface area contributed by atoms with Crippen LogP contribution >= 0.6 is 11.6 Å². The number of rotatable bonds is 0. The molecule has 0 radical (unpaired) electrons. The van der Waals surface area contributed by atoms with Crippen LogP contribution in [0, 0.1) is 0 Å². The highest BCUT2D eigenvalue weighted by molar-refractivity contribution is 6.23. The lowest BCUT2D eigenvalue weighted by Crippen LogP contribution is -2.37. The monoisotopic (exact) mass is 219 g/mol. The first-order chi connectivity index (χ1) is 6.29. The van der Waals surface area contributed by atoms with Gasteiger partial charge in [-0.1, -0.05) is 0 Å². The van der Waals surface area contributed by atoms with E-state index in [1.165, 1.54) is 0 Å². The van der Waals surface area contributed by atoms with Crippen molar-refractivity contribution in [2.75, 3.05) is 6.54 Å². The van der Waals surface area contributed by atoms with Crippen molar-refractivity contribution in [2.24, 2.45) is 0 Å². The number of imide groups is 1. The van der Waals surface area contributed by atoms with Crippen molar-refractivity contribution in [1.29, 1.82) is 0 Å². The molecule has 1 atom stereocenters. The Morgan fingerprint density at radius 3 is 2.50 bits per heavy atom. The molecular weight excluding hydrogens is 206 g/mol. The molecule has 1 aliphatic heterocycles. The molecule has 1 fully saturated rings. The van der Waals surface area contributed by atoms with Crippen LogP contribution in [0.15, 0.2) is 0 Å². The number of amides is 2. The second-order valence-electron chi connectivity index (χ2n) is 4.29. The second kappa shape index (κ2) is 3.77. The standard InChI is InChI=1S/C9H14ClNO3/c1-9(2,3)14-8(13)11-5-6(10)4-7(11)12/h6H,4-5H2,1-3H3. The lowest BCUT2D eigenvalue weighted by Gasteiger charge is -2.23. The molecule has 0 aromatic carbocycles. The smallest absolute Gasteiger partial charge is 0.417 e. The van der Waals surface area contributed by atoms with Crippen molar-refractivity contribution in [2.45, 2.75) is 38.2 Å². The fourth-order valence-corrected chi connectivity index (χ4v) is 1.43. The van der Waals surface area contributed by atoms with Gasteiger partial charge in [-0.2, -0.15) is 0 Å². The number of hydrogen-bond acceptors (Lipinski definition) is 3. The Morgan fingerprint density at radius 2 is 2.14 bits per heavy atom. The van der Waals surface area contributed by atoms with E-state index in [-0.39, 0.29) is 24.2 Å². The fraction of sp³-hybridized carbons (Fsp3) is 0.778. The van der Waals surface area contributed by atoms with Crippen LogP contribution in [0.1, 0.15) is 27.2 Å². The number of nitrogens with zero attached hydrogens (tertiary/aromatic N) is 1. The highest BCUT2D eigenvalue weighted by Crippen LogP contribution is 2.19. The van der Waals surface area contributed by atoms with E-state index in [1.807, 2.05) is 0 Å². The van der Waals surface area contributed by atoms with E-state index < -0.39 is 11.7 Å². The Morgan fingerprint density at radius 1 is 1.57 bits per heavy atom. The number of carbonyl (C=O) groups is 2. The van der Waals surface area contributed by atoms with E-state index >= 15 is 0 Å². The fourth-order valence-electron chi connectivity index (χ4n) is 1.16. The summed E-state index contributed by atoms with van der Waals surface area (Å²) >= 11 is 5.75. The third-order valence-corrected chi connectivity index (χ3v) is 1.98. The third kappa shape index (κ3) is 2.87. The number of alkyl halides is 1. The van der Waals surface area contributed by atoms with Crippen LogP contribution in [-0.4, -0.2) is 34.4 Å². The van der Waals surface area contributed by atoms with Gasteiger partial charge in [0.1, 0.15) is 5.60 Å². The first-order valence-corrected chi connectivity index (χ1v) is 4.90. The molecule has 80 valence electrons. The maximum atomic E-state index is 11.4. The van der Waals surface area contributed by atoms with Crippen molar-refractivity contribution in [1.82, 2.24) is 4.90 Å². The van der Waals surface area contributed by atoms with Gasteiger partial charge in [0.25, 0.3) is 0 Å². The first-order valence-electron chi connectivity index (χ1n) is 4.47. The molecule has 0 aromatic heterocycles. The van der Waals surface area contributed by atoms with Crippen molar-refractivity contribution >= 4 is 23.6 Å². The zero-order valence-corrected chi connectivity index (χ0v) is 9.30. The van der Waals surface area contributed by atoms with E-state index in [0.717, 1.165) is 4.90 Å². The Hall–Kier alpha value is -0.770. The average molecular weight is 220 g/mol. The lowest BCUT2D eigenvalue weighted by atomic mass is 10.2. The quantitative estimate of drug-likeness (QED) is 0.584. The summed E-state index contributed by atoms with van der Waals surface area (Å²) in [5, 5.41) is -0.282. The molecule has 14 heavy (non-hydrogen) atoms. The molecular formula is C9H14ClNO3. The number of likely N-dealkylation sites (tertiary alicyclic amines) is 1. The topological polar surface area (TPSA) is 46.6 Å². The van der Waals surface area contributed by atoms with E-state index in [9.17, 15) is 9.59 Å². The summed E-state index contributed by atoms with van der Waals surface area (Å²) < 4.78 is 5.05. The van der Waals surface area contributed by atoms with Gasteiger partial charge >= 0.3 is 6.09 Å². The van der Waals surface area contributed by atoms with Crippen molar-refractivity contribution in [3.8, 4) is 0 Å². The Labute approximate surface area is 88.2 Å². The number of hydrogen-bond donors (Lipinski definition) is 0. The maximum Gasteiger partial charge on any atom is 0.417 e. The normalized spacial score (nSPS) is 22.7. The average Bonchev–Trinajstić information content (AvgIpc) is 2.26. The summed E-state index contributed by atoms with van der Waals surface area (Å²) in [4.78, 5) is 23.8. The van der Waals surface area contributed by atoms with E-state index in [2.05, 4.69) is 0 Å². The van der Waals surface area contributed by atoms with E-state index in [1.54, 1.807) is 20.8 Å². The van der Waals surface area contributed by atoms with Crippen LogP contribution in [0.3, 0.4) is 0 Å². The zero-order valence-electron chi connectivity index (χ0n) is 8.54. The molecule has 5 heteroatoms. The molecule has 0 spiro atoms. The third-order valence-electron chi connectivity index (χ3n) is 1.69. The molecule has 0 bridgehead atoms. The lowest BCUT2D eigenvalue weighted by molar-refractivity contribution is -0.126. The van der Waals surface area contributed by atoms with Gasteiger partial charge in [0.05, 0.1) is 5.38 Å². The minimum atomic E-state index is -0.606. The Kier molecular flexibility index (Phi) is 3.04. The van der Waals surface area contributed by atoms with Crippen LogP contribution < -0.4 is 0 Å². The van der Waals surface area contributed by atoms with Crippen LogP contribution in [0.4, 0.5) is 4.79 Å². The van der Waals surface area contributed by atoms with Gasteiger partial charge in [0.15, 0.2) is 0 Å². The minimum Gasteiger partial charge on any atom is -0.443 e. The largest absolute Gasteiger partial charge is 0.443 e. The summed E-state index contributed by atoms with van der Waals surface area (Å²) in [5.74, 6) is -0.265. The van der Waals surface area contributed by atoms with Gasteiger partial charge < -0.3 is 4.74 Å². The summed E-state index contributed by atoms with van der Waals surface area (Å²) in [5.41, 5.74) is -0.582.